The zero-order valence-corrected chi connectivity index (χ0v) is 23.6. The van der Waals surface area contributed by atoms with Crippen LogP contribution in [0, 0.1) is 0 Å². The van der Waals surface area contributed by atoms with Crippen molar-refractivity contribution in [2.75, 3.05) is 24.6 Å². The molecule has 10 heteroatoms. The number of carbonyl (C=O) groups is 2. The topological polar surface area (TPSA) is 114 Å². The lowest BCUT2D eigenvalue weighted by atomic mass is 10.1. The van der Waals surface area contributed by atoms with E-state index < -0.39 is 16.1 Å². The minimum absolute atomic E-state index is 0.0284. The first-order chi connectivity index (χ1) is 20.4. The van der Waals surface area contributed by atoms with Crippen LogP contribution in [0.4, 0.5) is 5.69 Å². The van der Waals surface area contributed by atoms with E-state index >= 15 is 0 Å². The van der Waals surface area contributed by atoms with E-state index in [1.54, 1.807) is 24.3 Å². The van der Waals surface area contributed by atoms with Crippen molar-refractivity contribution in [3.8, 4) is 11.5 Å². The normalized spacial score (nSPS) is 14.4. The van der Waals surface area contributed by atoms with E-state index in [0.29, 0.717) is 30.2 Å². The van der Waals surface area contributed by atoms with Gasteiger partial charge in [0.25, 0.3) is 11.8 Å². The standard InChI is InChI=1S/C32H31N3O6S/c36-31(23-40-26-15-17-27(18-16-26)42(38,39)34-21-25-11-5-2-6-12-25)35-22-30(41-29-14-8-7-13-28(29)35)32(37)33-20-19-24-9-3-1-4-10-24/h1-18,30,34H,19-23H2,(H,33,37). The van der Waals surface area contributed by atoms with Crippen LogP contribution in [0.15, 0.2) is 114 Å². The number of ether oxygens (including phenoxy) is 2. The van der Waals surface area contributed by atoms with E-state index in [-0.39, 0.29) is 36.4 Å². The van der Waals surface area contributed by atoms with Crippen LogP contribution in [0.1, 0.15) is 11.1 Å². The van der Waals surface area contributed by atoms with Crippen molar-refractivity contribution in [1.82, 2.24) is 10.0 Å². The number of amides is 2. The number of hydrogen-bond acceptors (Lipinski definition) is 6. The molecule has 2 N–H and O–H groups in total. The second-order valence-electron chi connectivity index (χ2n) is 9.68. The Morgan fingerprint density at radius 1 is 0.833 bits per heavy atom. The van der Waals surface area contributed by atoms with Gasteiger partial charge in [-0.15, -0.1) is 0 Å². The Hall–Kier alpha value is -4.67. The van der Waals surface area contributed by atoms with Crippen LogP contribution in [0.3, 0.4) is 0 Å². The number of hydrogen-bond donors (Lipinski definition) is 2. The summed E-state index contributed by atoms with van der Waals surface area (Å²) in [6.45, 7) is 0.327. The summed E-state index contributed by atoms with van der Waals surface area (Å²) in [7, 11) is -3.73. The number of nitrogens with zero attached hydrogens (tertiary/aromatic N) is 1. The zero-order valence-electron chi connectivity index (χ0n) is 22.8. The number of benzene rings is 4. The fraction of sp³-hybridized carbons (Fsp3) is 0.188. The van der Waals surface area contributed by atoms with Gasteiger partial charge in [0.2, 0.25) is 10.0 Å². The van der Waals surface area contributed by atoms with E-state index in [1.807, 2.05) is 60.7 Å². The second kappa shape index (κ2) is 13.3. The summed E-state index contributed by atoms with van der Waals surface area (Å²) in [6, 6.07) is 31.9. The maximum atomic E-state index is 13.3. The quantitative estimate of drug-likeness (QED) is 0.278. The fourth-order valence-corrected chi connectivity index (χ4v) is 5.51. The molecule has 0 aromatic heterocycles. The molecule has 42 heavy (non-hydrogen) atoms. The zero-order chi connectivity index (χ0) is 29.4. The summed E-state index contributed by atoms with van der Waals surface area (Å²) >= 11 is 0. The number of anilines is 1. The van der Waals surface area contributed by atoms with Crippen molar-refractivity contribution >= 4 is 27.5 Å². The SMILES string of the molecule is O=C(NCCc1ccccc1)C1CN(C(=O)COc2ccc(S(=O)(=O)NCc3ccccc3)cc2)c2ccccc2O1. The molecule has 4 aromatic carbocycles. The summed E-state index contributed by atoms with van der Waals surface area (Å²) < 4.78 is 39.5. The highest BCUT2D eigenvalue weighted by atomic mass is 32.2. The van der Waals surface area contributed by atoms with Gasteiger partial charge in [-0.05, 0) is 53.9 Å². The Balaban J connectivity index is 1.17. The van der Waals surface area contributed by atoms with E-state index in [9.17, 15) is 18.0 Å². The van der Waals surface area contributed by atoms with Crippen molar-refractivity contribution in [1.29, 1.82) is 0 Å². The lowest BCUT2D eigenvalue weighted by molar-refractivity contribution is -0.128. The number of rotatable bonds is 11. The van der Waals surface area contributed by atoms with Crippen molar-refractivity contribution < 1.29 is 27.5 Å². The van der Waals surface area contributed by atoms with Crippen LogP contribution >= 0.6 is 0 Å². The van der Waals surface area contributed by atoms with E-state index in [4.69, 9.17) is 9.47 Å². The summed E-state index contributed by atoms with van der Waals surface area (Å²) in [5, 5.41) is 2.90. The maximum absolute atomic E-state index is 13.3. The molecule has 1 unspecified atom stereocenters. The molecular weight excluding hydrogens is 554 g/mol. The maximum Gasteiger partial charge on any atom is 0.265 e. The van der Waals surface area contributed by atoms with Crippen LogP contribution < -0.4 is 24.4 Å². The van der Waals surface area contributed by atoms with Crippen molar-refractivity contribution in [3.05, 3.63) is 120 Å². The molecule has 2 amide bonds. The average Bonchev–Trinajstić information content (AvgIpc) is 3.03. The summed E-state index contributed by atoms with van der Waals surface area (Å²) in [5.74, 6) is 0.0888. The first-order valence-electron chi connectivity index (χ1n) is 13.5. The highest BCUT2D eigenvalue weighted by molar-refractivity contribution is 7.89. The van der Waals surface area contributed by atoms with Gasteiger partial charge in [-0.3, -0.25) is 9.59 Å². The third kappa shape index (κ3) is 7.34. The van der Waals surface area contributed by atoms with Crippen molar-refractivity contribution in [2.45, 2.75) is 24.0 Å². The minimum Gasteiger partial charge on any atom is -0.484 e. The van der Waals surface area contributed by atoms with Crippen molar-refractivity contribution in [2.24, 2.45) is 0 Å². The highest BCUT2D eigenvalue weighted by Gasteiger charge is 2.33. The summed E-state index contributed by atoms with van der Waals surface area (Å²) in [4.78, 5) is 27.7. The van der Waals surface area contributed by atoms with E-state index in [1.165, 1.54) is 29.2 Å². The van der Waals surface area contributed by atoms with Crippen LogP contribution in [-0.2, 0) is 32.6 Å². The molecule has 0 aliphatic carbocycles. The lowest BCUT2D eigenvalue weighted by Crippen LogP contribution is -2.52. The molecule has 0 spiro atoms. The number of nitrogens with one attached hydrogen (secondary N) is 2. The van der Waals surface area contributed by atoms with E-state index in [2.05, 4.69) is 10.0 Å². The first kappa shape index (κ1) is 28.8. The molecule has 1 aliphatic rings. The number of para-hydroxylation sites is 2. The Kier molecular flexibility index (Phi) is 9.15. The molecule has 4 aromatic rings. The first-order valence-corrected chi connectivity index (χ1v) is 15.0. The van der Waals surface area contributed by atoms with Crippen LogP contribution in [-0.4, -0.2) is 46.0 Å². The molecule has 0 saturated heterocycles. The minimum atomic E-state index is -3.73. The molecule has 0 fully saturated rings. The molecule has 0 saturated carbocycles. The van der Waals surface area contributed by atoms with Crippen LogP contribution in [0.5, 0.6) is 11.5 Å². The smallest absolute Gasteiger partial charge is 0.265 e. The van der Waals surface area contributed by atoms with Gasteiger partial charge in [-0.2, -0.15) is 0 Å². The third-order valence-electron chi connectivity index (χ3n) is 6.73. The summed E-state index contributed by atoms with van der Waals surface area (Å²) in [6.07, 6.45) is -0.206. The number of carbonyl (C=O) groups excluding carboxylic acids is 2. The van der Waals surface area contributed by atoms with Gasteiger partial charge >= 0.3 is 0 Å². The average molecular weight is 586 g/mol. The van der Waals surface area contributed by atoms with Gasteiger partial charge in [0, 0.05) is 13.1 Å². The molecule has 9 nitrogen and oxygen atoms in total. The van der Waals surface area contributed by atoms with Gasteiger partial charge < -0.3 is 19.7 Å². The highest BCUT2D eigenvalue weighted by Crippen LogP contribution is 2.33. The monoisotopic (exact) mass is 585 g/mol. The Bertz CT molecular complexity index is 1610. The third-order valence-corrected chi connectivity index (χ3v) is 8.15. The van der Waals surface area contributed by atoms with Gasteiger partial charge in [0.1, 0.15) is 11.5 Å². The Labute approximate surface area is 245 Å². The molecule has 216 valence electrons. The molecular formula is C32H31N3O6S. The number of sulfonamides is 1. The Morgan fingerprint density at radius 3 is 2.19 bits per heavy atom. The molecule has 1 atom stereocenters. The molecule has 0 bridgehead atoms. The Morgan fingerprint density at radius 2 is 1.48 bits per heavy atom. The predicted molar refractivity (Wildman–Crippen MR) is 159 cm³/mol. The predicted octanol–water partition coefficient (Wildman–Crippen LogP) is 3.70. The molecule has 1 aliphatic heterocycles. The van der Waals surface area contributed by atoms with Gasteiger partial charge in [-0.1, -0.05) is 72.8 Å². The second-order valence-corrected chi connectivity index (χ2v) is 11.4. The van der Waals surface area contributed by atoms with Gasteiger partial charge in [-0.25, -0.2) is 13.1 Å². The van der Waals surface area contributed by atoms with Crippen molar-refractivity contribution in [3.63, 3.8) is 0 Å². The van der Waals surface area contributed by atoms with Crippen LogP contribution in [0.25, 0.3) is 0 Å². The molecule has 1 heterocycles. The molecule has 0 radical (unpaired) electrons. The van der Waals surface area contributed by atoms with Crippen LogP contribution in [0.2, 0.25) is 0 Å². The molecule has 5 rings (SSSR count). The van der Waals surface area contributed by atoms with Gasteiger partial charge in [0.15, 0.2) is 12.7 Å². The summed E-state index contributed by atoms with van der Waals surface area (Å²) in [5.41, 5.74) is 2.50. The fourth-order valence-electron chi connectivity index (χ4n) is 4.49. The number of fused-ring (bicyclic) bond motifs is 1. The van der Waals surface area contributed by atoms with E-state index in [0.717, 1.165) is 11.1 Å². The largest absolute Gasteiger partial charge is 0.484 e. The lowest BCUT2D eigenvalue weighted by Gasteiger charge is -2.34. The van der Waals surface area contributed by atoms with Gasteiger partial charge in [0.05, 0.1) is 17.1 Å².